The van der Waals surface area contributed by atoms with E-state index in [4.69, 9.17) is 4.74 Å². The number of anilines is 2. The Morgan fingerprint density at radius 3 is 2.90 bits per heavy atom. The number of halogens is 1. The van der Waals surface area contributed by atoms with E-state index in [-0.39, 0.29) is 11.7 Å². The van der Waals surface area contributed by atoms with Crippen LogP contribution in [0.25, 0.3) is 0 Å². The van der Waals surface area contributed by atoms with Crippen molar-refractivity contribution in [3.8, 4) is 5.75 Å². The smallest absolute Gasteiger partial charge is 0.240 e. The zero-order valence-electron chi connectivity index (χ0n) is 15.8. The van der Waals surface area contributed by atoms with Crippen LogP contribution in [0, 0.1) is 5.82 Å². The number of rotatable bonds is 8. The summed E-state index contributed by atoms with van der Waals surface area (Å²) in [4.78, 5) is 16.2. The van der Waals surface area contributed by atoms with E-state index in [2.05, 4.69) is 31.0 Å². The van der Waals surface area contributed by atoms with Gasteiger partial charge in [0.1, 0.15) is 11.6 Å². The Hall–Kier alpha value is -3.40. The molecule has 0 atom stereocenters. The lowest BCUT2D eigenvalue weighted by Crippen LogP contribution is -2.14. The van der Waals surface area contributed by atoms with Gasteiger partial charge in [-0.05, 0) is 37.3 Å². The summed E-state index contributed by atoms with van der Waals surface area (Å²) in [6.45, 7) is 1.85. The van der Waals surface area contributed by atoms with Crippen molar-refractivity contribution in [1.29, 1.82) is 0 Å². The summed E-state index contributed by atoms with van der Waals surface area (Å²) in [6.07, 6.45) is 0. The van der Waals surface area contributed by atoms with Gasteiger partial charge in [0.15, 0.2) is 0 Å². The predicted octanol–water partition coefficient (Wildman–Crippen LogP) is 3.52. The van der Waals surface area contributed by atoms with Gasteiger partial charge in [-0.15, -0.1) is 5.10 Å². The molecule has 0 bridgehead atoms. The highest BCUT2D eigenvalue weighted by Crippen LogP contribution is 2.16. The first-order valence-electron chi connectivity index (χ1n) is 8.59. The maximum Gasteiger partial charge on any atom is 0.240 e. The Labute approximate surface area is 171 Å². The highest BCUT2D eigenvalue weighted by molar-refractivity contribution is 7.99. The lowest BCUT2D eigenvalue weighted by atomic mass is 10.1. The van der Waals surface area contributed by atoms with Crippen LogP contribution >= 0.6 is 11.8 Å². The van der Waals surface area contributed by atoms with Gasteiger partial charge in [-0.25, -0.2) is 14.9 Å². The van der Waals surface area contributed by atoms with Crippen LogP contribution in [-0.2, 0) is 4.79 Å². The third-order valence-corrected chi connectivity index (χ3v) is 4.57. The molecule has 150 valence electrons. The molecule has 29 heavy (non-hydrogen) atoms. The second-order valence-corrected chi connectivity index (χ2v) is 6.80. The van der Waals surface area contributed by atoms with E-state index in [0.29, 0.717) is 16.8 Å². The molecule has 0 aliphatic heterocycles. The number of hydrogen-bond acceptors (Lipinski definition) is 7. The van der Waals surface area contributed by atoms with Gasteiger partial charge in [0, 0.05) is 11.3 Å². The molecule has 0 unspecified atom stereocenters. The summed E-state index contributed by atoms with van der Waals surface area (Å²) < 4.78 is 18.3. The van der Waals surface area contributed by atoms with Crippen molar-refractivity contribution in [2.75, 3.05) is 23.6 Å². The van der Waals surface area contributed by atoms with E-state index in [0.717, 1.165) is 28.8 Å². The van der Waals surface area contributed by atoms with Crippen LogP contribution < -0.4 is 15.5 Å². The van der Waals surface area contributed by atoms with Crippen molar-refractivity contribution in [2.45, 2.75) is 12.1 Å². The van der Waals surface area contributed by atoms with E-state index in [1.54, 1.807) is 13.2 Å². The number of nitrogens with zero attached hydrogens (tertiary/aromatic N) is 3. The van der Waals surface area contributed by atoms with Crippen LogP contribution in [0.2, 0.25) is 0 Å². The average molecular weight is 414 g/mol. The molecular formula is C19H19FN6O2S. The zero-order valence-corrected chi connectivity index (χ0v) is 16.6. The van der Waals surface area contributed by atoms with Crippen LogP contribution in [0.3, 0.4) is 0 Å². The molecule has 3 N–H and O–H groups in total. The van der Waals surface area contributed by atoms with Crippen molar-refractivity contribution in [3.63, 3.8) is 0 Å². The van der Waals surface area contributed by atoms with Crippen molar-refractivity contribution in [3.05, 3.63) is 59.9 Å². The van der Waals surface area contributed by atoms with E-state index in [9.17, 15) is 9.18 Å². The number of aromatic nitrogens is 3. The molecule has 0 radical (unpaired) electrons. The second kappa shape index (κ2) is 9.69. The summed E-state index contributed by atoms with van der Waals surface area (Å²) in [5.74, 6) is 0.476. The Balaban J connectivity index is 1.51. The van der Waals surface area contributed by atoms with Crippen molar-refractivity contribution in [1.82, 2.24) is 15.2 Å². The molecular weight excluding hydrogens is 395 g/mol. The zero-order chi connectivity index (χ0) is 20.6. The van der Waals surface area contributed by atoms with Gasteiger partial charge in [0.05, 0.1) is 18.6 Å². The summed E-state index contributed by atoms with van der Waals surface area (Å²) in [5, 5.41) is 14.0. The quantitative estimate of drug-likeness (QED) is 0.296. The van der Waals surface area contributed by atoms with Gasteiger partial charge in [-0.3, -0.25) is 4.79 Å². The first kappa shape index (κ1) is 20.3. The summed E-state index contributed by atoms with van der Waals surface area (Å²) >= 11 is 1.14. The summed E-state index contributed by atoms with van der Waals surface area (Å²) in [7, 11) is 1.61. The first-order valence-corrected chi connectivity index (χ1v) is 9.57. The Morgan fingerprint density at radius 1 is 1.28 bits per heavy atom. The van der Waals surface area contributed by atoms with Crippen LogP contribution in [-0.4, -0.2) is 39.7 Å². The first-order chi connectivity index (χ1) is 14.0. The Kier molecular flexibility index (Phi) is 6.80. The molecule has 1 heterocycles. The number of carbonyl (C=O) groups is 1. The van der Waals surface area contributed by atoms with Gasteiger partial charge in [0.2, 0.25) is 17.0 Å². The van der Waals surface area contributed by atoms with Crippen LogP contribution in [0.4, 0.5) is 16.0 Å². The fraction of sp³-hybridized carbons (Fsp3) is 0.158. The number of aromatic amines is 1. The molecule has 0 saturated carbocycles. The minimum Gasteiger partial charge on any atom is -0.497 e. The third kappa shape index (κ3) is 6.04. The minimum atomic E-state index is -0.412. The lowest BCUT2D eigenvalue weighted by molar-refractivity contribution is -0.113. The molecule has 0 spiro atoms. The number of carbonyl (C=O) groups excluding carboxylic acids is 1. The second-order valence-electron chi connectivity index (χ2n) is 5.85. The molecule has 0 saturated heterocycles. The Morgan fingerprint density at radius 2 is 2.10 bits per heavy atom. The van der Waals surface area contributed by atoms with Gasteiger partial charge < -0.3 is 10.1 Å². The molecule has 0 aliphatic rings. The normalized spacial score (nSPS) is 11.2. The predicted molar refractivity (Wildman–Crippen MR) is 111 cm³/mol. The largest absolute Gasteiger partial charge is 0.497 e. The van der Waals surface area contributed by atoms with E-state index < -0.39 is 5.82 Å². The van der Waals surface area contributed by atoms with Crippen LogP contribution in [0.15, 0.2) is 58.8 Å². The molecule has 3 rings (SSSR count). The molecule has 0 fully saturated rings. The molecule has 1 aromatic heterocycles. The fourth-order valence-electron chi connectivity index (χ4n) is 2.30. The maximum absolute atomic E-state index is 13.1. The van der Waals surface area contributed by atoms with E-state index >= 15 is 0 Å². The minimum absolute atomic E-state index is 0.0832. The van der Waals surface area contributed by atoms with Gasteiger partial charge in [-0.1, -0.05) is 30.0 Å². The number of benzene rings is 2. The van der Waals surface area contributed by atoms with Gasteiger partial charge in [0.25, 0.3) is 0 Å². The number of methoxy groups -OCH3 is 1. The number of nitrogens with one attached hydrogen (secondary N) is 3. The van der Waals surface area contributed by atoms with Gasteiger partial charge >= 0.3 is 0 Å². The highest BCUT2D eigenvalue weighted by atomic mass is 32.2. The monoisotopic (exact) mass is 414 g/mol. The van der Waals surface area contributed by atoms with Gasteiger partial charge in [-0.2, -0.15) is 10.1 Å². The topological polar surface area (TPSA) is 104 Å². The standard InChI is InChI=1S/C19H19FN6O2S/c1-12(13-5-3-8-16(9-13)28-2)23-24-18-22-19(26-25-18)29-11-17(27)21-15-7-4-6-14(20)10-15/h3-10H,11H2,1-2H3,(H,21,27)(H2,22,24,25,26)/b23-12+. The number of hydrazone groups is 1. The SMILES string of the molecule is COc1cccc(/C(C)=N/Nc2nc(SCC(=O)Nc3cccc(F)c3)n[nH]2)c1. The molecule has 1 amide bonds. The fourth-order valence-corrected chi connectivity index (χ4v) is 2.90. The summed E-state index contributed by atoms with van der Waals surface area (Å²) in [6, 6.07) is 13.2. The van der Waals surface area contributed by atoms with E-state index in [1.165, 1.54) is 18.2 Å². The average Bonchev–Trinajstić information content (AvgIpc) is 3.18. The lowest BCUT2D eigenvalue weighted by Gasteiger charge is -2.04. The molecule has 10 heteroatoms. The molecule has 3 aromatic rings. The van der Waals surface area contributed by atoms with E-state index in [1.807, 2.05) is 31.2 Å². The number of hydrogen-bond donors (Lipinski definition) is 3. The summed E-state index contributed by atoms with van der Waals surface area (Å²) in [5.41, 5.74) is 4.84. The van der Waals surface area contributed by atoms with Crippen molar-refractivity contribution >= 4 is 35.0 Å². The number of thioether (sulfide) groups is 1. The van der Waals surface area contributed by atoms with Crippen molar-refractivity contribution < 1.29 is 13.9 Å². The van der Waals surface area contributed by atoms with Crippen molar-refractivity contribution in [2.24, 2.45) is 5.10 Å². The number of amides is 1. The third-order valence-electron chi connectivity index (χ3n) is 3.72. The molecule has 2 aromatic carbocycles. The number of H-pyrrole nitrogens is 1. The van der Waals surface area contributed by atoms with Crippen LogP contribution in [0.1, 0.15) is 12.5 Å². The van der Waals surface area contributed by atoms with Crippen LogP contribution in [0.5, 0.6) is 5.75 Å². The molecule has 8 nitrogen and oxygen atoms in total. The highest BCUT2D eigenvalue weighted by Gasteiger charge is 2.08. The molecule has 0 aliphatic carbocycles. The Bertz CT molecular complexity index is 1020. The maximum atomic E-state index is 13.1. The number of ether oxygens (including phenoxy) is 1.